The molecule has 1 atom stereocenters. The van der Waals surface area contributed by atoms with E-state index < -0.39 is 6.04 Å². The van der Waals surface area contributed by atoms with Crippen LogP contribution in [0.4, 0.5) is 0 Å². The number of rotatable bonds is 10. The number of hydrogen-bond donors (Lipinski definition) is 1. The predicted molar refractivity (Wildman–Crippen MR) is 126 cm³/mol. The third-order valence-corrected chi connectivity index (χ3v) is 5.98. The van der Waals surface area contributed by atoms with Crippen molar-refractivity contribution in [2.75, 3.05) is 13.2 Å². The molecule has 31 heavy (non-hydrogen) atoms. The first kappa shape index (κ1) is 25.0. The number of nitrogens with zero attached hydrogens (tertiary/aromatic N) is 1. The Morgan fingerprint density at radius 1 is 1.13 bits per heavy atom. The van der Waals surface area contributed by atoms with E-state index in [2.05, 4.69) is 12.2 Å². The summed E-state index contributed by atoms with van der Waals surface area (Å²) in [5.41, 5.74) is 2.85. The maximum absolute atomic E-state index is 13.1. The Kier molecular flexibility index (Phi) is 9.66. The Hall–Kier alpha value is -2.24. The molecule has 0 aliphatic carbocycles. The molecule has 0 fully saturated rings. The average molecular weight is 465 g/mol. The van der Waals surface area contributed by atoms with Gasteiger partial charge in [-0.2, -0.15) is 0 Å². The summed E-state index contributed by atoms with van der Waals surface area (Å²) in [6, 6.07) is 10.2. The third kappa shape index (κ3) is 7.15. The second-order valence-electron chi connectivity index (χ2n) is 7.58. The smallest absolute Gasteiger partial charge is 0.261 e. The van der Waals surface area contributed by atoms with Crippen LogP contribution < -0.4 is 10.1 Å². The van der Waals surface area contributed by atoms with Gasteiger partial charge in [-0.05, 0) is 62.1 Å². The first-order chi connectivity index (χ1) is 14.7. The van der Waals surface area contributed by atoms with Gasteiger partial charge in [0, 0.05) is 13.1 Å². The summed E-state index contributed by atoms with van der Waals surface area (Å²) >= 11 is 12.1. The molecule has 0 bridgehead atoms. The van der Waals surface area contributed by atoms with Crippen LogP contribution >= 0.6 is 23.2 Å². The Morgan fingerprint density at radius 3 is 2.55 bits per heavy atom. The van der Waals surface area contributed by atoms with Crippen LogP contribution in [-0.4, -0.2) is 35.9 Å². The summed E-state index contributed by atoms with van der Waals surface area (Å²) in [4.78, 5) is 27.3. The van der Waals surface area contributed by atoms with Gasteiger partial charge in [0.15, 0.2) is 6.61 Å². The van der Waals surface area contributed by atoms with E-state index >= 15 is 0 Å². The Balaban J connectivity index is 2.18. The van der Waals surface area contributed by atoms with Gasteiger partial charge in [-0.25, -0.2) is 0 Å². The molecule has 2 aromatic carbocycles. The molecule has 0 spiro atoms. The Morgan fingerprint density at radius 2 is 1.87 bits per heavy atom. The lowest BCUT2D eigenvalue weighted by Crippen LogP contribution is -2.49. The van der Waals surface area contributed by atoms with Crippen LogP contribution in [0, 0.1) is 13.8 Å². The minimum atomic E-state index is -0.666. The van der Waals surface area contributed by atoms with E-state index in [9.17, 15) is 9.59 Å². The molecule has 0 aliphatic heterocycles. The SMILES string of the molecule is CCCCNC(=O)[C@H](C)N(Cc1ccc(Cl)c(Cl)c1)C(=O)COc1cccc(C)c1C. The zero-order valence-corrected chi connectivity index (χ0v) is 20.0. The van der Waals surface area contributed by atoms with E-state index in [1.165, 1.54) is 4.90 Å². The minimum absolute atomic E-state index is 0.168. The number of benzene rings is 2. The van der Waals surface area contributed by atoms with Crippen LogP contribution in [0.1, 0.15) is 43.4 Å². The summed E-state index contributed by atoms with van der Waals surface area (Å²) in [6.07, 6.45) is 1.86. The zero-order chi connectivity index (χ0) is 23.0. The lowest BCUT2D eigenvalue weighted by atomic mass is 10.1. The molecule has 5 nitrogen and oxygen atoms in total. The Labute approximate surface area is 194 Å². The largest absolute Gasteiger partial charge is 0.483 e. The highest BCUT2D eigenvalue weighted by Gasteiger charge is 2.26. The van der Waals surface area contributed by atoms with Crippen LogP contribution in [0.5, 0.6) is 5.75 Å². The van der Waals surface area contributed by atoms with Gasteiger partial charge in [0.05, 0.1) is 10.0 Å². The summed E-state index contributed by atoms with van der Waals surface area (Å²) in [6.45, 7) is 8.34. The fourth-order valence-electron chi connectivity index (χ4n) is 3.06. The molecule has 1 N–H and O–H groups in total. The van der Waals surface area contributed by atoms with Gasteiger partial charge in [0.2, 0.25) is 5.91 Å². The molecule has 168 valence electrons. The standard InChI is InChI=1S/C24H30Cl2N2O3/c1-5-6-12-27-24(30)18(4)28(14-19-10-11-20(25)21(26)13-19)23(29)15-31-22-9-7-8-16(2)17(22)3/h7-11,13,18H,5-6,12,14-15H2,1-4H3,(H,27,30)/t18-/m0/s1. The second-order valence-corrected chi connectivity index (χ2v) is 8.39. The number of halogens is 2. The van der Waals surface area contributed by atoms with Crippen LogP contribution in [-0.2, 0) is 16.1 Å². The normalized spacial score (nSPS) is 11.7. The Bertz CT molecular complexity index is 918. The number of aryl methyl sites for hydroxylation is 1. The maximum Gasteiger partial charge on any atom is 0.261 e. The molecule has 0 radical (unpaired) electrons. The van der Waals surface area contributed by atoms with E-state index in [0.717, 1.165) is 29.5 Å². The fraction of sp³-hybridized carbons (Fsp3) is 0.417. The average Bonchev–Trinajstić information content (AvgIpc) is 2.75. The highest BCUT2D eigenvalue weighted by molar-refractivity contribution is 6.42. The van der Waals surface area contributed by atoms with Gasteiger partial charge >= 0.3 is 0 Å². The third-order valence-electron chi connectivity index (χ3n) is 5.24. The van der Waals surface area contributed by atoms with Gasteiger partial charge in [0.25, 0.3) is 5.91 Å². The molecular weight excluding hydrogens is 435 g/mol. The molecule has 7 heteroatoms. The quantitative estimate of drug-likeness (QED) is 0.483. The topological polar surface area (TPSA) is 58.6 Å². The van der Waals surface area contributed by atoms with Crippen LogP contribution in [0.3, 0.4) is 0 Å². The maximum atomic E-state index is 13.1. The second kappa shape index (κ2) is 12.0. The molecule has 0 aliphatic rings. The molecule has 2 amide bonds. The highest BCUT2D eigenvalue weighted by atomic mass is 35.5. The van der Waals surface area contributed by atoms with Gasteiger partial charge in [0.1, 0.15) is 11.8 Å². The van der Waals surface area contributed by atoms with Gasteiger partial charge < -0.3 is 15.0 Å². The van der Waals surface area contributed by atoms with E-state index in [-0.39, 0.29) is 25.0 Å². The van der Waals surface area contributed by atoms with Crippen molar-refractivity contribution < 1.29 is 14.3 Å². The lowest BCUT2D eigenvalue weighted by Gasteiger charge is -2.29. The predicted octanol–water partition coefficient (Wildman–Crippen LogP) is 5.32. The van der Waals surface area contributed by atoms with Gasteiger partial charge in [-0.1, -0.05) is 54.7 Å². The van der Waals surface area contributed by atoms with Crippen molar-refractivity contribution in [1.29, 1.82) is 0 Å². The van der Waals surface area contributed by atoms with E-state index in [1.54, 1.807) is 25.1 Å². The summed E-state index contributed by atoms with van der Waals surface area (Å²) in [7, 11) is 0. The number of nitrogens with one attached hydrogen (secondary N) is 1. The van der Waals surface area contributed by atoms with Gasteiger partial charge in [-0.3, -0.25) is 9.59 Å². The summed E-state index contributed by atoms with van der Waals surface area (Å²) in [5.74, 6) is 0.168. The fourth-order valence-corrected chi connectivity index (χ4v) is 3.38. The van der Waals surface area contributed by atoms with E-state index in [1.807, 2.05) is 32.0 Å². The van der Waals surface area contributed by atoms with Crippen molar-refractivity contribution in [3.8, 4) is 5.75 Å². The van der Waals surface area contributed by atoms with Crippen molar-refractivity contribution in [1.82, 2.24) is 10.2 Å². The summed E-state index contributed by atoms with van der Waals surface area (Å²) < 4.78 is 5.80. The number of unbranched alkanes of at least 4 members (excludes halogenated alkanes) is 1. The summed E-state index contributed by atoms with van der Waals surface area (Å²) in [5, 5.41) is 3.73. The number of amides is 2. The lowest BCUT2D eigenvalue weighted by molar-refractivity contribution is -0.142. The zero-order valence-electron chi connectivity index (χ0n) is 18.5. The number of carbonyl (C=O) groups excluding carboxylic acids is 2. The van der Waals surface area contributed by atoms with Gasteiger partial charge in [-0.15, -0.1) is 0 Å². The van der Waals surface area contributed by atoms with Crippen molar-refractivity contribution in [2.45, 2.75) is 53.1 Å². The van der Waals surface area contributed by atoms with Crippen molar-refractivity contribution in [2.24, 2.45) is 0 Å². The van der Waals surface area contributed by atoms with Crippen LogP contribution in [0.2, 0.25) is 10.0 Å². The van der Waals surface area contributed by atoms with E-state index in [0.29, 0.717) is 22.3 Å². The number of ether oxygens (including phenoxy) is 1. The molecular formula is C24H30Cl2N2O3. The van der Waals surface area contributed by atoms with Crippen LogP contribution in [0.15, 0.2) is 36.4 Å². The molecule has 0 unspecified atom stereocenters. The number of hydrogen-bond acceptors (Lipinski definition) is 3. The van der Waals surface area contributed by atoms with Crippen molar-refractivity contribution in [3.05, 3.63) is 63.1 Å². The van der Waals surface area contributed by atoms with E-state index in [4.69, 9.17) is 27.9 Å². The molecule has 2 aromatic rings. The molecule has 0 aromatic heterocycles. The van der Waals surface area contributed by atoms with Crippen LogP contribution in [0.25, 0.3) is 0 Å². The molecule has 0 saturated carbocycles. The van der Waals surface area contributed by atoms with Crippen molar-refractivity contribution >= 4 is 35.0 Å². The van der Waals surface area contributed by atoms with Crippen molar-refractivity contribution in [3.63, 3.8) is 0 Å². The molecule has 0 saturated heterocycles. The molecule has 2 rings (SSSR count). The number of carbonyl (C=O) groups is 2. The first-order valence-corrected chi connectivity index (χ1v) is 11.2. The minimum Gasteiger partial charge on any atom is -0.483 e. The molecule has 0 heterocycles. The monoisotopic (exact) mass is 464 g/mol. The first-order valence-electron chi connectivity index (χ1n) is 10.4. The highest BCUT2D eigenvalue weighted by Crippen LogP contribution is 2.24.